The van der Waals surface area contributed by atoms with Crippen molar-refractivity contribution in [2.45, 2.75) is 6.92 Å². The van der Waals surface area contributed by atoms with Gasteiger partial charge >= 0.3 is 0 Å². The summed E-state index contributed by atoms with van der Waals surface area (Å²) in [5.41, 5.74) is 2.79. The van der Waals surface area contributed by atoms with Crippen LogP contribution in [0.25, 0.3) is 0 Å². The van der Waals surface area contributed by atoms with Crippen LogP contribution in [0.4, 0.5) is 11.4 Å². The zero-order chi connectivity index (χ0) is 24.7. The van der Waals surface area contributed by atoms with E-state index in [1.165, 1.54) is 33.5 Å². The number of benzene rings is 3. The predicted octanol–water partition coefficient (Wildman–Crippen LogP) is 4.40. The van der Waals surface area contributed by atoms with Gasteiger partial charge < -0.3 is 24.8 Å². The van der Waals surface area contributed by atoms with Gasteiger partial charge in [0.15, 0.2) is 16.6 Å². The Morgan fingerprint density at radius 1 is 0.765 bits per heavy atom. The van der Waals surface area contributed by atoms with E-state index >= 15 is 0 Å². The first kappa shape index (κ1) is 24.5. The third kappa shape index (κ3) is 5.81. The molecule has 0 saturated carbocycles. The van der Waals surface area contributed by atoms with E-state index < -0.39 is 5.91 Å². The van der Waals surface area contributed by atoms with E-state index in [1.807, 2.05) is 37.3 Å². The van der Waals surface area contributed by atoms with E-state index in [-0.39, 0.29) is 16.6 Å². The van der Waals surface area contributed by atoms with Crippen molar-refractivity contribution >= 4 is 40.5 Å². The van der Waals surface area contributed by atoms with Crippen LogP contribution < -0.4 is 30.2 Å². The van der Waals surface area contributed by atoms with Crippen LogP contribution in [-0.4, -0.2) is 38.3 Å². The van der Waals surface area contributed by atoms with E-state index in [4.69, 9.17) is 26.4 Å². The van der Waals surface area contributed by atoms with Crippen molar-refractivity contribution in [3.8, 4) is 17.2 Å². The topological polar surface area (TPSA) is 97.9 Å². The lowest BCUT2D eigenvalue weighted by Crippen LogP contribution is -2.34. The number of carbonyl (C=O) groups excluding carboxylic acids is 2. The smallest absolute Gasteiger partial charge is 0.257 e. The Balaban J connectivity index is 1.72. The van der Waals surface area contributed by atoms with Gasteiger partial charge in [-0.2, -0.15) is 0 Å². The van der Waals surface area contributed by atoms with Crippen molar-refractivity contribution in [1.82, 2.24) is 5.32 Å². The van der Waals surface area contributed by atoms with Gasteiger partial charge in [-0.15, -0.1) is 0 Å². The maximum Gasteiger partial charge on any atom is 0.257 e. The molecule has 3 aromatic carbocycles. The first-order valence-corrected chi connectivity index (χ1v) is 10.7. The molecule has 0 aliphatic heterocycles. The van der Waals surface area contributed by atoms with Crippen LogP contribution in [0.15, 0.2) is 60.7 Å². The molecule has 34 heavy (non-hydrogen) atoms. The molecule has 8 nitrogen and oxygen atoms in total. The normalized spacial score (nSPS) is 10.1. The molecule has 2 amide bonds. The summed E-state index contributed by atoms with van der Waals surface area (Å²) in [7, 11) is 4.41. The van der Waals surface area contributed by atoms with Crippen molar-refractivity contribution in [3.63, 3.8) is 0 Å². The average molecular weight is 480 g/mol. The van der Waals surface area contributed by atoms with Gasteiger partial charge in [0.05, 0.1) is 21.3 Å². The summed E-state index contributed by atoms with van der Waals surface area (Å²) >= 11 is 5.30. The van der Waals surface area contributed by atoms with Gasteiger partial charge in [-0.25, -0.2) is 0 Å². The molecule has 0 heterocycles. The zero-order valence-electron chi connectivity index (χ0n) is 19.2. The predicted molar refractivity (Wildman–Crippen MR) is 135 cm³/mol. The first-order chi connectivity index (χ1) is 16.4. The fourth-order valence-corrected chi connectivity index (χ4v) is 3.42. The molecular weight excluding hydrogens is 454 g/mol. The number of para-hydroxylation sites is 1. The lowest BCUT2D eigenvalue weighted by atomic mass is 10.1. The molecule has 3 rings (SSSR count). The summed E-state index contributed by atoms with van der Waals surface area (Å²) in [6.07, 6.45) is 0. The summed E-state index contributed by atoms with van der Waals surface area (Å²) in [6, 6.07) is 17.5. The van der Waals surface area contributed by atoms with Crippen LogP contribution in [0.3, 0.4) is 0 Å². The monoisotopic (exact) mass is 479 g/mol. The minimum atomic E-state index is -0.467. The standard InChI is InChI=1S/C25H25N3O5S/c1-15-10-11-18(14-19(15)24(30)26-17-8-6-5-7-9-17)27-25(34)28-23(29)16-12-20(31-2)22(33-4)21(13-16)32-3/h5-14H,1-4H3,(H,26,30)(H2,27,28,29,34). The number of ether oxygens (including phenoxy) is 3. The first-order valence-electron chi connectivity index (χ1n) is 10.3. The van der Waals surface area contributed by atoms with E-state index in [2.05, 4.69) is 16.0 Å². The molecule has 0 bridgehead atoms. The number of aryl methyl sites for hydroxylation is 1. The number of rotatable bonds is 7. The number of thiocarbonyl (C=S) groups is 1. The highest BCUT2D eigenvalue weighted by Gasteiger charge is 2.18. The Morgan fingerprint density at radius 3 is 2.00 bits per heavy atom. The van der Waals surface area contributed by atoms with Crippen LogP contribution in [0, 0.1) is 6.92 Å². The second-order valence-corrected chi connectivity index (χ2v) is 7.58. The lowest BCUT2D eigenvalue weighted by Gasteiger charge is -2.15. The molecule has 9 heteroatoms. The summed E-state index contributed by atoms with van der Waals surface area (Å²) in [4.78, 5) is 25.5. The molecule has 0 aliphatic carbocycles. The average Bonchev–Trinajstić information content (AvgIpc) is 2.84. The van der Waals surface area contributed by atoms with E-state index in [1.54, 1.807) is 18.2 Å². The van der Waals surface area contributed by atoms with E-state index in [9.17, 15) is 9.59 Å². The van der Waals surface area contributed by atoms with Crippen LogP contribution in [0.2, 0.25) is 0 Å². The number of hydrogen-bond donors (Lipinski definition) is 3. The maximum absolute atomic E-state index is 12.8. The van der Waals surface area contributed by atoms with Crippen LogP contribution in [0.1, 0.15) is 26.3 Å². The second kappa shape index (κ2) is 11.2. The molecule has 0 aromatic heterocycles. The van der Waals surface area contributed by atoms with Gasteiger partial charge in [0, 0.05) is 22.5 Å². The van der Waals surface area contributed by atoms with Crippen molar-refractivity contribution in [1.29, 1.82) is 0 Å². The highest BCUT2D eigenvalue weighted by molar-refractivity contribution is 7.80. The van der Waals surface area contributed by atoms with Crippen LogP contribution >= 0.6 is 12.2 Å². The largest absolute Gasteiger partial charge is 0.493 e. The third-order valence-electron chi connectivity index (χ3n) is 4.93. The zero-order valence-corrected chi connectivity index (χ0v) is 20.0. The number of hydrogen-bond acceptors (Lipinski definition) is 6. The maximum atomic E-state index is 12.8. The van der Waals surface area contributed by atoms with Gasteiger partial charge in [-0.3, -0.25) is 14.9 Å². The Morgan fingerprint density at radius 2 is 1.41 bits per heavy atom. The summed E-state index contributed by atoms with van der Waals surface area (Å²) in [5, 5.41) is 8.49. The highest BCUT2D eigenvalue weighted by atomic mass is 32.1. The van der Waals surface area contributed by atoms with Crippen molar-refractivity contribution < 1.29 is 23.8 Å². The molecule has 0 radical (unpaired) electrons. The quantitative estimate of drug-likeness (QED) is 0.432. The number of amides is 2. The molecule has 0 fully saturated rings. The van der Waals surface area contributed by atoms with Crippen LogP contribution in [0.5, 0.6) is 17.2 Å². The molecular formula is C25H25N3O5S. The van der Waals surface area contributed by atoms with Crippen molar-refractivity contribution in [3.05, 3.63) is 77.4 Å². The number of anilines is 2. The highest BCUT2D eigenvalue weighted by Crippen LogP contribution is 2.38. The van der Waals surface area contributed by atoms with Gasteiger partial charge in [-0.1, -0.05) is 24.3 Å². The fraction of sp³-hybridized carbons (Fsp3) is 0.160. The van der Waals surface area contributed by atoms with E-state index in [0.29, 0.717) is 34.2 Å². The second-order valence-electron chi connectivity index (χ2n) is 7.17. The summed E-state index contributed by atoms with van der Waals surface area (Å²) in [5.74, 6) is 0.353. The lowest BCUT2D eigenvalue weighted by molar-refractivity contribution is 0.0975. The molecule has 0 saturated heterocycles. The number of carbonyl (C=O) groups is 2. The Kier molecular flexibility index (Phi) is 8.05. The molecule has 176 valence electrons. The Labute approximate surface area is 203 Å². The summed E-state index contributed by atoms with van der Waals surface area (Å²) < 4.78 is 15.9. The molecule has 3 N–H and O–H groups in total. The van der Waals surface area contributed by atoms with Crippen molar-refractivity contribution in [2.24, 2.45) is 0 Å². The van der Waals surface area contributed by atoms with Gasteiger partial charge in [0.1, 0.15) is 0 Å². The van der Waals surface area contributed by atoms with Crippen LogP contribution in [-0.2, 0) is 0 Å². The number of nitrogens with one attached hydrogen (secondary N) is 3. The van der Waals surface area contributed by atoms with Gasteiger partial charge in [0.2, 0.25) is 5.75 Å². The molecule has 0 spiro atoms. The SMILES string of the molecule is COc1cc(C(=O)NC(=S)Nc2ccc(C)c(C(=O)Nc3ccccc3)c2)cc(OC)c1OC. The molecule has 0 aliphatic rings. The Hall–Kier alpha value is -4.11. The van der Waals surface area contributed by atoms with Gasteiger partial charge in [-0.05, 0) is 61.1 Å². The number of methoxy groups -OCH3 is 3. The third-order valence-corrected chi connectivity index (χ3v) is 5.13. The molecule has 0 unspecified atom stereocenters. The molecule has 3 aromatic rings. The van der Waals surface area contributed by atoms with Crippen molar-refractivity contribution in [2.75, 3.05) is 32.0 Å². The van der Waals surface area contributed by atoms with E-state index in [0.717, 1.165) is 5.56 Å². The minimum absolute atomic E-state index is 0.0667. The molecule has 0 atom stereocenters. The summed E-state index contributed by atoms with van der Waals surface area (Å²) in [6.45, 7) is 1.84. The van der Waals surface area contributed by atoms with Gasteiger partial charge in [0.25, 0.3) is 11.8 Å². The minimum Gasteiger partial charge on any atom is -0.493 e. The Bertz CT molecular complexity index is 1190. The fourth-order valence-electron chi connectivity index (χ4n) is 3.21.